The van der Waals surface area contributed by atoms with Crippen LogP contribution in [0.1, 0.15) is 23.7 Å². The van der Waals surface area contributed by atoms with Crippen LogP contribution in [-0.4, -0.2) is 25.5 Å². The lowest BCUT2D eigenvalue weighted by atomic mass is 10.2. The maximum absolute atomic E-state index is 11.9. The maximum Gasteiger partial charge on any atom is 0.335 e. The van der Waals surface area contributed by atoms with E-state index in [0.29, 0.717) is 6.42 Å². The Labute approximate surface area is 106 Å². The van der Waals surface area contributed by atoms with Crippen LogP contribution < -0.4 is 4.72 Å². The molecule has 1 atom stereocenters. The maximum atomic E-state index is 11.9. The third-order valence-corrected chi connectivity index (χ3v) is 3.81. The van der Waals surface area contributed by atoms with Gasteiger partial charge in [0.15, 0.2) is 0 Å². The lowest BCUT2D eigenvalue weighted by Crippen LogP contribution is -2.33. The van der Waals surface area contributed by atoms with Crippen molar-refractivity contribution in [2.75, 3.05) is 0 Å². The van der Waals surface area contributed by atoms with Gasteiger partial charge in [-0.25, -0.2) is 13.2 Å². The first-order valence-electron chi connectivity index (χ1n) is 5.22. The molecule has 0 aromatic heterocycles. The minimum absolute atomic E-state index is 0.0128. The first-order valence-corrected chi connectivity index (χ1v) is 6.71. The molecule has 0 bridgehead atoms. The van der Waals surface area contributed by atoms with Gasteiger partial charge in [-0.15, -0.1) is 6.42 Å². The van der Waals surface area contributed by atoms with Crippen LogP contribution >= 0.6 is 0 Å². The standard InChI is InChI=1S/C12H13NO4S/c1-3-10(4-2)13-18(16,17)11-7-5-9(6-8-11)12(14)15/h1,5-8,10,13H,4H2,2H3,(H,14,15). The largest absolute Gasteiger partial charge is 0.478 e. The van der Waals surface area contributed by atoms with Gasteiger partial charge in [-0.05, 0) is 30.7 Å². The van der Waals surface area contributed by atoms with Crippen LogP contribution in [0.15, 0.2) is 29.2 Å². The van der Waals surface area contributed by atoms with E-state index in [2.05, 4.69) is 10.6 Å². The van der Waals surface area contributed by atoms with Crippen molar-refractivity contribution in [3.8, 4) is 12.3 Å². The fraction of sp³-hybridized carbons (Fsp3) is 0.250. The minimum Gasteiger partial charge on any atom is -0.478 e. The second kappa shape index (κ2) is 5.67. The predicted molar refractivity (Wildman–Crippen MR) is 66.6 cm³/mol. The summed E-state index contributed by atoms with van der Waals surface area (Å²) in [6.45, 7) is 1.76. The molecule has 1 aromatic carbocycles. The quantitative estimate of drug-likeness (QED) is 0.782. The highest BCUT2D eigenvalue weighted by Crippen LogP contribution is 2.11. The van der Waals surface area contributed by atoms with Crippen LogP contribution in [0, 0.1) is 12.3 Å². The van der Waals surface area contributed by atoms with Crippen molar-refractivity contribution >= 4 is 16.0 Å². The number of carboxylic acids is 1. The van der Waals surface area contributed by atoms with Gasteiger partial charge in [0.2, 0.25) is 10.0 Å². The van der Waals surface area contributed by atoms with Gasteiger partial charge in [-0.3, -0.25) is 0 Å². The average Bonchev–Trinajstić information content (AvgIpc) is 2.36. The molecule has 0 radical (unpaired) electrons. The summed E-state index contributed by atoms with van der Waals surface area (Å²) in [6.07, 6.45) is 5.65. The average molecular weight is 267 g/mol. The van der Waals surface area contributed by atoms with Crippen molar-refractivity contribution in [2.45, 2.75) is 24.3 Å². The Hall–Kier alpha value is -1.84. The van der Waals surface area contributed by atoms with E-state index >= 15 is 0 Å². The van der Waals surface area contributed by atoms with E-state index in [1.54, 1.807) is 6.92 Å². The fourth-order valence-corrected chi connectivity index (χ4v) is 2.51. The molecule has 6 heteroatoms. The van der Waals surface area contributed by atoms with Gasteiger partial charge in [0.1, 0.15) is 0 Å². The van der Waals surface area contributed by atoms with Gasteiger partial charge in [0.25, 0.3) is 0 Å². The number of benzene rings is 1. The second-order valence-electron chi connectivity index (χ2n) is 3.58. The molecular formula is C12H13NO4S. The molecule has 0 saturated heterocycles. The van der Waals surface area contributed by atoms with E-state index in [0.717, 1.165) is 0 Å². The van der Waals surface area contributed by atoms with E-state index in [4.69, 9.17) is 11.5 Å². The van der Waals surface area contributed by atoms with Crippen molar-refractivity contribution in [1.29, 1.82) is 0 Å². The van der Waals surface area contributed by atoms with Crippen LogP contribution in [0.3, 0.4) is 0 Å². The van der Waals surface area contributed by atoms with E-state index in [9.17, 15) is 13.2 Å². The summed E-state index contributed by atoms with van der Waals surface area (Å²) in [6, 6.07) is 4.35. The van der Waals surface area contributed by atoms with E-state index in [-0.39, 0.29) is 10.5 Å². The zero-order valence-corrected chi connectivity index (χ0v) is 10.6. The van der Waals surface area contributed by atoms with Crippen LogP contribution in [0.2, 0.25) is 0 Å². The Kier molecular flexibility index (Phi) is 4.48. The molecule has 96 valence electrons. The number of rotatable bonds is 5. The van der Waals surface area contributed by atoms with Crippen molar-refractivity contribution in [3.63, 3.8) is 0 Å². The molecule has 0 aliphatic rings. The van der Waals surface area contributed by atoms with Crippen LogP contribution in [0.25, 0.3) is 0 Å². The van der Waals surface area contributed by atoms with Crippen molar-refractivity contribution in [3.05, 3.63) is 29.8 Å². The first-order chi connectivity index (χ1) is 8.40. The lowest BCUT2D eigenvalue weighted by molar-refractivity contribution is 0.0696. The molecule has 0 amide bonds. The smallest absolute Gasteiger partial charge is 0.335 e. The molecule has 2 N–H and O–H groups in total. The zero-order valence-electron chi connectivity index (χ0n) is 9.75. The Bertz CT molecular complexity index is 569. The SMILES string of the molecule is C#CC(CC)NS(=O)(=O)c1ccc(C(=O)O)cc1. The molecular weight excluding hydrogens is 254 g/mol. The van der Waals surface area contributed by atoms with Gasteiger partial charge in [0, 0.05) is 0 Å². The number of carbonyl (C=O) groups is 1. The van der Waals surface area contributed by atoms with Gasteiger partial charge in [-0.2, -0.15) is 4.72 Å². The highest BCUT2D eigenvalue weighted by molar-refractivity contribution is 7.89. The lowest BCUT2D eigenvalue weighted by Gasteiger charge is -2.11. The Morgan fingerprint density at radius 3 is 2.39 bits per heavy atom. The summed E-state index contributed by atoms with van der Waals surface area (Å²) >= 11 is 0. The van der Waals surface area contributed by atoms with Crippen molar-refractivity contribution in [1.82, 2.24) is 4.72 Å². The monoisotopic (exact) mass is 267 g/mol. The first kappa shape index (κ1) is 14.2. The zero-order chi connectivity index (χ0) is 13.8. The van der Waals surface area contributed by atoms with Gasteiger partial charge >= 0.3 is 5.97 Å². The third kappa shape index (κ3) is 3.32. The molecule has 1 unspecified atom stereocenters. The number of hydrogen-bond donors (Lipinski definition) is 2. The summed E-state index contributed by atoms with van der Waals surface area (Å²) in [4.78, 5) is 10.6. The predicted octanol–water partition coefficient (Wildman–Crippen LogP) is 1.07. The van der Waals surface area contributed by atoms with Crippen LogP contribution in [-0.2, 0) is 10.0 Å². The molecule has 0 saturated carbocycles. The van der Waals surface area contributed by atoms with Gasteiger partial charge < -0.3 is 5.11 Å². The molecule has 18 heavy (non-hydrogen) atoms. The number of sulfonamides is 1. The molecule has 0 fully saturated rings. The summed E-state index contributed by atoms with van der Waals surface area (Å²) in [5, 5.41) is 8.71. The fourth-order valence-electron chi connectivity index (χ4n) is 1.27. The van der Waals surface area contributed by atoms with E-state index in [1.165, 1.54) is 24.3 Å². The molecule has 0 aliphatic carbocycles. The van der Waals surface area contributed by atoms with Crippen molar-refractivity contribution < 1.29 is 18.3 Å². The highest BCUT2D eigenvalue weighted by Gasteiger charge is 2.17. The molecule has 1 rings (SSSR count). The van der Waals surface area contributed by atoms with Gasteiger partial charge in [0.05, 0.1) is 16.5 Å². The Morgan fingerprint density at radius 1 is 1.44 bits per heavy atom. The number of carboxylic acid groups (broad SMARTS) is 1. The molecule has 5 nitrogen and oxygen atoms in total. The van der Waals surface area contributed by atoms with Gasteiger partial charge in [-0.1, -0.05) is 12.8 Å². The number of terminal acetylenes is 1. The number of hydrogen-bond acceptors (Lipinski definition) is 3. The summed E-state index contributed by atoms with van der Waals surface area (Å²) in [5.41, 5.74) is 0.0259. The Balaban J connectivity index is 2.99. The minimum atomic E-state index is -3.71. The topological polar surface area (TPSA) is 83.5 Å². The van der Waals surface area contributed by atoms with E-state index < -0.39 is 22.0 Å². The highest BCUT2D eigenvalue weighted by atomic mass is 32.2. The Morgan fingerprint density at radius 2 is 2.00 bits per heavy atom. The van der Waals surface area contributed by atoms with Crippen LogP contribution in [0.5, 0.6) is 0 Å². The summed E-state index contributed by atoms with van der Waals surface area (Å²) in [7, 11) is -3.71. The summed E-state index contributed by atoms with van der Waals surface area (Å²) in [5.74, 6) is 1.21. The van der Waals surface area contributed by atoms with E-state index in [1.807, 2.05) is 0 Å². The molecule has 0 heterocycles. The molecule has 0 spiro atoms. The van der Waals surface area contributed by atoms with Crippen molar-refractivity contribution in [2.24, 2.45) is 0 Å². The number of nitrogens with one attached hydrogen (secondary N) is 1. The summed E-state index contributed by atoms with van der Waals surface area (Å²) < 4.78 is 26.1. The number of aromatic carboxylic acids is 1. The normalized spacial score (nSPS) is 12.7. The van der Waals surface area contributed by atoms with Crippen LogP contribution in [0.4, 0.5) is 0 Å². The second-order valence-corrected chi connectivity index (χ2v) is 5.29. The molecule has 0 aliphatic heterocycles. The molecule has 1 aromatic rings. The third-order valence-electron chi connectivity index (χ3n) is 2.32.